The predicted molar refractivity (Wildman–Crippen MR) is 52.7 cm³/mol. The molecular weight excluding hydrogens is 132 g/mol. The van der Waals surface area contributed by atoms with E-state index in [9.17, 15) is 0 Å². The van der Waals surface area contributed by atoms with Gasteiger partial charge in [-0.3, -0.25) is 0 Å². The molecule has 0 aliphatic carbocycles. The molecule has 64 valence electrons. The van der Waals surface area contributed by atoms with Crippen molar-refractivity contribution in [3.63, 3.8) is 0 Å². The number of hydrogen-bond donors (Lipinski definition) is 0. The van der Waals surface area contributed by atoms with Gasteiger partial charge in [-0.05, 0) is 25.7 Å². The molecule has 0 aromatic carbocycles. The predicted octanol–water partition coefficient (Wildman–Crippen LogP) is 4.09. The van der Waals surface area contributed by atoms with Crippen LogP contribution in [0.25, 0.3) is 0 Å². The molecule has 0 heterocycles. The largest absolute Gasteiger partial charge is 0.103 e. The molecule has 0 spiro atoms. The summed E-state index contributed by atoms with van der Waals surface area (Å²) in [5.74, 6) is 0. The average Bonchev–Trinajstić information content (AvgIpc) is 2.03. The fourth-order valence-electron chi connectivity index (χ4n) is 0.938. The van der Waals surface area contributed by atoms with Crippen molar-refractivity contribution in [1.29, 1.82) is 0 Å². The maximum absolute atomic E-state index is 3.68. The van der Waals surface area contributed by atoms with Crippen molar-refractivity contribution in [3.05, 3.63) is 24.8 Å². The third kappa shape index (κ3) is 9.48. The molecule has 0 atom stereocenters. The summed E-state index contributed by atoms with van der Waals surface area (Å²) in [5, 5.41) is 0. The molecule has 0 radical (unpaired) electrons. The topological polar surface area (TPSA) is 0 Å². The van der Waals surface area contributed by atoms with Crippen molar-refractivity contribution in [1.82, 2.24) is 0 Å². The highest BCUT2D eigenvalue weighted by molar-refractivity contribution is 4.82. The molecule has 0 heteroatoms. The maximum atomic E-state index is 3.68. The van der Waals surface area contributed by atoms with Crippen molar-refractivity contribution in [3.8, 4) is 0 Å². The van der Waals surface area contributed by atoms with Crippen molar-refractivity contribution in [2.75, 3.05) is 0 Å². The Bertz CT molecular complexity index is 101. The lowest BCUT2D eigenvalue weighted by Gasteiger charge is -1.90. The fourth-order valence-corrected chi connectivity index (χ4v) is 0.938. The zero-order chi connectivity index (χ0) is 8.36. The molecule has 0 amide bonds. The lowest BCUT2D eigenvalue weighted by Crippen LogP contribution is -1.69. The number of rotatable bonds is 7. The van der Waals surface area contributed by atoms with Crippen molar-refractivity contribution < 1.29 is 0 Å². The van der Waals surface area contributed by atoms with E-state index in [2.05, 4.69) is 25.7 Å². The van der Waals surface area contributed by atoms with Gasteiger partial charge in [0.1, 0.15) is 0 Å². The standard InChI is InChI=1S/C11H20/c1-3-5-7-9-11-10-8-6-4-2/h3,10-11H,1,4-9H2,2H3/b11-10-. The summed E-state index contributed by atoms with van der Waals surface area (Å²) in [6.45, 7) is 5.91. The quantitative estimate of drug-likeness (QED) is 0.381. The van der Waals surface area contributed by atoms with E-state index in [0.717, 1.165) is 6.42 Å². The summed E-state index contributed by atoms with van der Waals surface area (Å²) in [6.07, 6.45) is 14.1. The Labute approximate surface area is 71.0 Å². The summed E-state index contributed by atoms with van der Waals surface area (Å²) in [4.78, 5) is 0. The summed E-state index contributed by atoms with van der Waals surface area (Å²) in [5.41, 5.74) is 0. The van der Waals surface area contributed by atoms with Gasteiger partial charge in [-0.2, -0.15) is 0 Å². The van der Waals surface area contributed by atoms with Crippen LogP contribution in [0, 0.1) is 0 Å². The van der Waals surface area contributed by atoms with Gasteiger partial charge in [0.05, 0.1) is 0 Å². The lowest BCUT2D eigenvalue weighted by atomic mass is 10.2. The van der Waals surface area contributed by atoms with E-state index in [0.29, 0.717) is 0 Å². The molecule has 0 saturated carbocycles. The van der Waals surface area contributed by atoms with Gasteiger partial charge in [0.15, 0.2) is 0 Å². The molecule has 0 N–H and O–H groups in total. The van der Waals surface area contributed by atoms with Crippen LogP contribution in [0.15, 0.2) is 24.8 Å². The first-order valence-corrected chi connectivity index (χ1v) is 4.67. The lowest BCUT2D eigenvalue weighted by molar-refractivity contribution is 0.806. The van der Waals surface area contributed by atoms with Crippen molar-refractivity contribution >= 4 is 0 Å². The Morgan fingerprint density at radius 1 is 1.00 bits per heavy atom. The third-order valence-electron chi connectivity index (χ3n) is 1.67. The van der Waals surface area contributed by atoms with Crippen LogP contribution in [-0.4, -0.2) is 0 Å². The van der Waals surface area contributed by atoms with Crippen LogP contribution in [0.5, 0.6) is 0 Å². The Morgan fingerprint density at radius 3 is 2.18 bits per heavy atom. The molecule has 0 saturated heterocycles. The van der Waals surface area contributed by atoms with Gasteiger partial charge in [-0.1, -0.05) is 38.0 Å². The smallest absolute Gasteiger partial charge is 0.0348 e. The first-order chi connectivity index (χ1) is 5.41. The van der Waals surface area contributed by atoms with Crippen LogP contribution >= 0.6 is 0 Å². The van der Waals surface area contributed by atoms with E-state index < -0.39 is 0 Å². The first kappa shape index (κ1) is 10.5. The van der Waals surface area contributed by atoms with E-state index in [1.807, 2.05) is 6.08 Å². The zero-order valence-corrected chi connectivity index (χ0v) is 7.68. The molecule has 0 aliphatic heterocycles. The van der Waals surface area contributed by atoms with Crippen LogP contribution in [0.4, 0.5) is 0 Å². The van der Waals surface area contributed by atoms with E-state index in [4.69, 9.17) is 0 Å². The van der Waals surface area contributed by atoms with Gasteiger partial charge in [-0.25, -0.2) is 0 Å². The zero-order valence-electron chi connectivity index (χ0n) is 7.68. The summed E-state index contributed by atoms with van der Waals surface area (Å²) in [6, 6.07) is 0. The number of allylic oxidation sites excluding steroid dienone is 3. The maximum Gasteiger partial charge on any atom is -0.0348 e. The van der Waals surface area contributed by atoms with E-state index in [1.54, 1.807) is 0 Å². The molecule has 0 aliphatic rings. The number of hydrogen-bond acceptors (Lipinski definition) is 0. The summed E-state index contributed by atoms with van der Waals surface area (Å²) < 4.78 is 0. The van der Waals surface area contributed by atoms with Gasteiger partial charge in [0.25, 0.3) is 0 Å². The van der Waals surface area contributed by atoms with Gasteiger partial charge >= 0.3 is 0 Å². The molecule has 0 fully saturated rings. The minimum Gasteiger partial charge on any atom is -0.103 e. The molecule has 0 nitrogen and oxygen atoms in total. The fraction of sp³-hybridized carbons (Fsp3) is 0.636. The van der Waals surface area contributed by atoms with Crippen LogP contribution in [0.1, 0.15) is 45.4 Å². The summed E-state index contributed by atoms with van der Waals surface area (Å²) in [7, 11) is 0. The molecule has 0 rings (SSSR count). The van der Waals surface area contributed by atoms with Crippen LogP contribution in [0.3, 0.4) is 0 Å². The van der Waals surface area contributed by atoms with Crippen molar-refractivity contribution in [2.24, 2.45) is 0 Å². The van der Waals surface area contributed by atoms with Gasteiger partial charge in [0.2, 0.25) is 0 Å². The van der Waals surface area contributed by atoms with E-state index in [1.165, 1.54) is 32.1 Å². The van der Waals surface area contributed by atoms with Crippen LogP contribution in [-0.2, 0) is 0 Å². The van der Waals surface area contributed by atoms with E-state index in [-0.39, 0.29) is 0 Å². The normalized spacial score (nSPS) is 10.6. The highest BCUT2D eigenvalue weighted by Gasteiger charge is 1.79. The van der Waals surface area contributed by atoms with Gasteiger partial charge < -0.3 is 0 Å². The molecule has 0 aromatic rings. The number of unbranched alkanes of at least 4 members (excludes halogenated alkanes) is 4. The minimum atomic E-state index is 1.15. The second-order valence-electron chi connectivity index (χ2n) is 2.83. The Balaban J connectivity index is 2.97. The molecule has 0 aromatic heterocycles. The van der Waals surface area contributed by atoms with Gasteiger partial charge in [0, 0.05) is 0 Å². The highest BCUT2D eigenvalue weighted by atomic mass is 13.9. The Kier molecular flexibility index (Phi) is 9.03. The Hall–Kier alpha value is -0.520. The van der Waals surface area contributed by atoms with Crippen LogP contribution in [0.2, 0.25) is 0 Å². The molecular formula is C11H20. The molecule has 0 unspecified atom stereocenters. The highest BCUT2D eigenvalue weighted by Crippen LogP contribution is 2.00. The minimum absolute atomic E-state index is 1.15. The Morgan fingerprint density at radius 2 is 1.64 bits per heavy atom. The SMILES string of the molecule is C=CCCC/C=C\CCCC. The molecule has 11 heavy (non-hydrogen) atoms. The summed E-state index contributed by atoms with van der Waals surface area (Å²) >= 11 is 0. The van der Waals surface area contributed by atoms with E-state index >= 15 is 0 Å². The third-order valence-corrected chi connectivity index (χ3v) is 1.67. The molecule has 0 bridgehead atoms. The second-order valence-corrected chi connectivity index (χ2v) is 2.83. The first-order valence-electron chi connectivity index (χ1n) is 4.67. The van der Waals surface area contributed by atoms with Crippen molar-refractivity contribution in [2.45, 2.75) is 45.4 Å². The van der Waals surface area contributed by atoms with Gasteiger partial charge in [-0.15, -0.1) is 6.58 Å². The average molecular weight is 152 g/mol. The van der Waals surface area contributed by atoms with Crippen LogP contribution < -0.4 is 0 Å². The second kappa shape index (κ2) is 9.48. The monoisotopic (exact) mass is 152 g/mol.